The first-order chi connectivity index (χ1) is 11.6. The van der Waals surface area contributed by atoms with Gasteiger partial charge in [0.2, 0.25) is 0 Å². The van der Waals surface area contributed by atoms with Crippen molar-refractivity contribution in [1.82, 2.24) is 4.90 Å². The molecule has 1 heterocycles. The number of imide groups is 1. The summed E-state index contributed by atoms with van der Waals surface area (Å²) in [6, 6.07) is 9.63. The zero-order chi connectivity index (χ0) is 16.9. The van der Waals surface area contributed by atoms with E-state index in [0.29, 0.717) is 12.0 Å². The average Bonchev–Trinajstić information content (AvgIpc) is 2.96. The SMILES string of the molecule is C/C(=C\C1=CCCCC1)C(=O)N1C(=O)OC[C@H]1Cc1ccccc1. The maximum Gasteiger partial charge on any atom is 0.417 e. The largest absolute Gasteiger partial charge is 0.447 e. The monoisotopic (exact) mass is 325 g/mol. The smallest absolute Gasteiger partial charge is 0.417 e. The van der Waals surface area contributed by atoms with E-state index < -0.39 is 6.09 Å². The molecule has 0 bridgehead atoms. The lowest BCUT2D eigenvalue weighted by atomic mass is 9.97. The summed E-state index contributed by atoms with van der Waals surface area (Å²) in [6.45, 7) is 2.04. The van der Waals surface area contributed by atoms with Gasteiger partial charge in [-0.1, -0.05) is 48.1 Å². The molecule has 0 radical (unpaired) electrons. The van der Waals surface area contributed by atoms with Crippen molar-refractivity contribution in [3.05, 3.63) is 59.2 Å². The predicted molar refractivity (Wildman–Crippen MR) is 92.4 cm³/mol. The zero-order valence-electron chi connectivity index (χ0n) is 14.0. The van der Waals surface area contributed by atoms with Crippen LogP contribution in [0.5, 0.6) is 0 Å². The van der Waals surface area contributed by atoms with E-state index in [1.165, 1.54) is 16.9 Å². The van der Waals surface area contributed by atoms with Crippen molar-refractivity contribution in [2.24, 2.45) is 0 Å². The summed E-state index contributed by atoms with van der Waals surface area (Å²) in [5.41, 5.74) is 2.88. The third kappa shape index (κ3) is 3.75. The molecule has 0 spiro atoms. The van der Waals surface area contributed by atoms with Crippen molar-refractivity contribution in [3.63, 3.8) is 0 Å². The Bertz CT molecular complexity index is 675. The number of allylic oxidation sites excluding steroid dienone is 3. The molecule has 1 aromatic rings. The summed E-state index contributed by atoms with van der Waals surface area (Å²) in [7, 11) is 0. The second-order valence-electron chi connectivity index (χ2n) is 6.45. The minimum absolute atomic E-state index is 0.240. The summed E-state index contributed by atoms with van der Waals surface area (Å²) < 4.78 is 5.14. The van der Waals surface area contributed by atoms with Crippen LogP contribution in [-0.2, 0) is 16.0 Å². The third-order valence-corrected chi connectivity index (χ3v) is 4.56. The van der Waals surface area contributed by atoms with Crippen LogP contribution in [0.3, 0.4) is 0 Å². The van der Waals surface area contributed by atoms with E-state index in [9.17, 15) is 9.59 Å². The number of hydrogen-bond donors (Lipinski definition) is 0. The van der Waals surface area contributed by atoms with Crippen molar-refractivity contribution < 1.29 is 14.3 Å². The Hall–Kier alpha value is -2.36. The molecule has 3 rings (SSSR count). The average molecular weight is 325 g/mol. The molecule has 24 heavy (non-hydrogen) atoms. The number of amides is 2. The van der Waals surface area contributed by atoms with Crippen LogP contribution in [0.1, 0.15) is 38.2 Å². The first kappa shape index (κ1) is 16.5. The highest BCUT2D eigenvalue weighted by Crippen LogP contribution is 2.23. The lowest BCUT2D eigenvalue weighted by Crippen LogP contribution is -2.40. The first-order valence-electron chi connectivity index (χ1n) is 8.57. The lowest BCUT2D eigenvalue weighted by molar-refractivity contribution is -0.125. The molecule has 4 nitrogen and oxygen atoms in total. The van der Waals surface area contributed by atoms with Crippen LogP contribution in [0.25, 0.3) is 0 Å². The van der Waals surface area contributed by atoms with Crippen molar-refractivity contribution in [2.45, 2.75) is 45.1 Å². The predicted octanol–water partition coefficient (Wildman–Crippen LogP) is 4.02. The van der Waals surface area contributed by atoms with E-state index in [2.05, 4.69) is 6.08 Å². The van der Waals surface area contributed by atoms with E-state index in [0.717, 1.165) is 24.8 Å². The Kier molecular flexibility index (Phi) is 5.14. The quantitative estimate of drug-likeness (QED) is 0.785. The van der Waals surface area contributed by atoms with Crippen molar-refractivity contribution in [1.29, 1.82) is 0 Å². The van der Waals surface area contributed by atoms with Gasteiger partial charge in [-0.15, -0.1) is 0 Å². The fraction of sp³-hybridized carbons (Fsp3) is 0.400. The van der Waals surface area contributed by atoms with Gasteiger partial charge in [0.15, 0.2) is 0 Å². The van der Waals surface area contributed by atoms with Gasteiger partial charge in [-0.2, -0.15) is 0 Å². The zero-order valence-corrected chi connectivity index (χ0v) is 14.0. The van der Waals surface area contributed by atoms with Crippen LogP contribution < -0.4 is 0 Å². The summed E-state index contributed by atoms with van der Waals surface area (Å²) in [4.78, 5) is 26.1. The number of ether oxygens (including phenoxy) is 1. The van der Waals surface area contributed by atoms with Gasteiger partial charge < -0.3 is 4.74 Å². The summed E-state index contributed by atoms with van der Waals surface area (Å²) in [6.07, 6.45) is 8.63. The van der Waals surface area contributed by atoms with Crippen LogP contribution in [-0.4, -0.2) is 29.5 Å². The molecule has 1 aliphatic carbocycles. The summed E-state index contributed by atoms with van der Waals surface area (Å²) >= 11 is 0. The minimum Gasteiger partial charge on any atom is -0.447 e. The second kappa shape index (κ2) is 7.47. The number of rotatable bonds is 4. The topological polar surface area (TPSA) is 46.6 Å². The molecular weight excluding hydrogens is 302 g/mol. The van der Waals surface area contributed by atoms with Gasteiger partial charge in [0, 0.05) is 5.57 Å². The van der Waals surface area contributed by atoms with Crippen LogP contribution >= 0.6 is 0 Å². The fourth-order valence-electron chi connectivity index (χ4n) is 3.27. The first-order valence-corrected chi connectivity index (χ1v) is 8.57. The molecule has 0 saturated carbocycles. The number of hydrogen-bond acceptors (Lipinski definition) is 3. The highest BCUT2D eigenvalue weighted by molar-refractivity contribution is 6.03. The summed E-state index contributed by atoms with van der Waals surface area (Å²) in [5.74, 6) is -0.245. The van der Waals surface area contributed by atoms with Gasteiger partial charge >= 0.3 is 6.09 Å². The van der Waals surface area contributed by atoms with E-state index in [1.54, 1.807) is 6.92 Å². The second-order valence-corrected chi connectivity index (χ2v) is 6.45. The Labute approximate surface area is 142 Å². The minimum atomic E-state index is -0.536. The Morgan fingerprint density at radius 3 is 2.79 bits per heavy atom. The van der Waals surface area contributed by atoms with Crippen molar-refractivity contribution in [3.8, 4) is 0 Å². The molecule has 1 atom stereocenters. The molecule has 1 aliphatic heterocycles. The van der Waals surface area contributed by atoms with Gasteiger partial charge in [0.1, 0.15) is 6.61 Å². The van der Waals surface area contributed by atoms with Crippen LogP contribution in [0.2, 0.25) is 0 Å². The molecule has 126 valence electrons. The Morgan fingerprint density at radius 1 is 1.29 bits per heavy atom. The molecule has 0 aromatic heterocycles. The Morgan fingerprint density at radius 2 is 2.08 bits per heavy atom. The van der Waals surface area contributed by atoms with Gasteiger partial charge in [-0.25, -0.2) is 9.69 Å². The molecule has 0 N–H and O–H groups in total. The number of carbonyl (C=O) groups excluding carboxylic acids is 2. The lowest BCUT2D eigenvalue weighted by Gasteiger charge is -2.20. The maximum absolute atomic E-state index is 12.8. The normalized spacial score (nSPS) is 21.5. The van der Waals surface area contributed by atoms with Crippen LogP contribution in [0, 0.1) is 0 Å². The number of nitrogens with zero attached hydrogens (tertiary/aromatic N) is 1. The van der Waals surface area contributed by atoms with E-state index in [1.807, 2.05) is 36.4 Å². The van der Waals surface area contributed by atoms with Crippen molar-refractivity contribution >= 4 is 12.0 Å². The van der Waals surface area contributed by atoms with Crippen LogP contribution in [0.4, 0.5) is 4.79 Å². The number of carbonyl (C=O) groups is 2. The van der Waals surface area contributed by atoms with E-state index in [4.69, 9.17) is 4.74 Å². The standard InChI is InChI=1S/C20H23NO3/c1-15(12-16-8-4-2-5-9-16)19(22)21-18(14-24-20(21)23)13-17-10-6-3-7-11-17/h3,6-8,10-12,18H,2,4-5,9,13-14H2,1H3/b15-12+/t18-/m1/s1. The highest BCUT2D eigenvalue weighted by atomic mass is 16.6. The molecule has 2 aliphatic rings. The molecule has 2 amide bonds. The molecule has 4 heteroatoms. The molecular formula is C20H23NO3. The number of benzene rings is 1. The highest BCUT2D eigenvalue weighted by Gasteiger charge is 2.38. The van der Waals surface area contributed by atoms with E-state index >= 15 is 0 Å². The van der Waals surface area contributed by atoms with Crippen LogP contribution in [0.15, 0.2) is 53.6 Å². The Balaban J connectivity index is 1.74. The molecule has 0 unspecified atom stereocenters. The molecule has 1 aromatic carbocycles. The van der Waals surface area contributed by atoms with E-state index in [-0.39, 0.29) is 18.6 Å². The fourth-order valence-corrected chi connectivity index (χ4v) is 3.27. The summed E-state index contributed by atoms with van der Waals surface area (Å²) in [5, 5.41) is 0. The molecule has 1 fully saturated rings. The van der Waals surface area contributed by atoms with Crippen molar-refractivity contribution in [2.75, 3.05) is 6.61 Å². The van der Waals surface area contributed by atoms with Gasteiger partial charge in [0.25, 0.3) is 5.91 Å². The number of cyclic esters (lactones) is 1. The maximum atomic E-state index is 12.8. The van der Waals surface area contributed by atoms with Gasteiger partial charge in [-0.05, 0) is 44.6 Å². The van der Waals surface area contributed by atoms with Gasteiger partial charge in [-0.3, -0.25) is 4.79 Å². The molecule has 1 saturated heterocycles. The van der Waals surface area contributed by atoms with Gasteiger partial charge in [0.05, 0.1) is 6.04 Å². The third-order valence-electron chi connectivity index (χ3n) is 4.56.